The molecule has 0 amide bonds. The van der Waals surface area contributed by atoms with Gasteiger partial charge in [-0.3, -0.25) is 0 Å². The van der Waals surface area contributed by atoms with Gasteiger partial charge in [-0.25, -0.2) is 4.99 Å². The van der Waals surface area contributed by atoms with E-state index in [-0.39, 0.29) is 5.41 Å². The molecule has 0 aliphatic heterocycles. The lowest BCUT2D eigenvalue weighted by molar-refractivity contribution is 0.415. The molecule has 2 N–H and O–H groups in total. The Kier molecular flexibility index (Phi) is 3.35. The Bertz CT molecular complexity index is 347. The van der Waals surface area contributed by atoms with Crippen LogP contribution in [0.1, 0.15) is 20.8 Å². The monoisotopic (exact) mass is 206 g/mol. The summed E-state index contributed by atoms with van der Waals surface area (Å²) in [6, 6.07) is 7.51. The van der Waals surface area contributed by atoms with E-state index in [1.54, 1.807) is 7.11 Å². The van der Waals surface area contributed by atoms with Gasteiger partial charge < -0.3 is 10.5 Å². The van der Waals surface area contributed by atoms with Crippen molar-refractivity contribution in [3.8, 4) is 5.75 Å². The van der Waals surface area contributed by atoms with E-state index >= 15 is 0 Å². The normalized spacial score (nSPS) is 12.7. The number of hydrogen-bond acceptors (Lipinski definition) is 2. The van der Waals surface area contributed by atoms with Crippen molar-refractivity contribution in [1.82, 2.24) is 0 Å². The highest BCUT2D eigenvalue weighted by Gasteiger charge is 2.15. The number of amidine groups is 1. The lowest BCUT2D eigenvalue weighted by Crippen LogP contribution is -2.28. The summed E-state index contributed by atoms with van der Waals surface area (Å²) in [7, 11) is 1.64. The van der Waals surface area contributed by atoms with Crippen molar-refractivity contribution >= 4 is 11.5 Å². The average molecular weight is 206 g/mol. The van der Waals surface area contributed by atoms with Gasteiger partial charge in [0.25, 0.3) is 0 Å². The summed E-state index contributed by atoms with van der Waals surface area (Å²) in [5.74, 6) is 1.45. The Hall–Kier alpha value is -1.51. The van der Waals surface area contributed by atoms with E-state index < -0.39 is 0 Å². The third-order valence-electron chi connectivity index (χ3n) is 2.09. The average Bonchev–Trinajstić information content (AvgIpc) is 2.17. The Balaban J connectivity index is 2.89. The van der Waals surface area contributed by atoms with Crippen LogP contribution in [0.3, 0.4) is 0 Å². The van der Waals surface area contributed by atoms with Crippen LogP contribution in [-0.4, -0.2) is 12.9 Å². The minimum absolute atomic E-state index is 0.0973. The topological polar surface area (TPSA) is 47.6 Å². The predicted octanol–water partition coefficient (Wildman–Crippen LogP) is 2.73. The number of nitrogens with zero attached hydrogens (tertiary/aromatic N) is 1. The van der Waals surface area contributed by atoms with E-state index in [9.17, 15) is 0 Å². The van der Waals surface area contributed by atoms with Crippen LogP contribution in [0.15, 0.2) is 29.3 Å². The van der Waals surface area contributed by atoms with Gasteiger partial charge >= 0.3 is 0 Å². The molecule has 0 fully saturated rings. The van der Waals surface area contributed by atoms with Crippen LogP contribution in [0.5, 0.6) is 5.75 Å². The van der Waals surface area contributed by atoms with Crippen LogP contribution < -0.4 is 10.5 Å². The van der Waals surface area contributed by atoms with Gasteiger partial charge in [0.2, 0.25) is 0 Å². The minimum atomic E-state index is -0.0973. The summed E-state index contributed by atoms with van der Waals surface area (Å²) in [6.07, 6.45) is 0. The van der Waals surface area contributed by atoms with Gasteiger partial charge in [0.05, 0.1) is 12.8 Å². The second-order valence-electron chi connectivity index (χ2n) is 4.45. The molecule has 1 aromatic rings. The van der Waals surface area contributed by atoms with Crippen molar-refractivity contribution < 1.29 is 4.74 Å². The number of ether oxygens (including phenoxy) is 1. The van der Waals surface area contributed by atoms with E-state index in [2.05, 4.69) is 4.99 Å². The number of rotatable bonds is 2. The molecule has 0 radical (unpaired) electrons. The maximum absolute atomic E-state index is 5.87. The lowest BCUT2D eigenvalue weighted by Gasteiger charge is -2.17. The van der Waals surface area contributed by atoms with Gasteiger partial charge in [-0.15, -0.1) is 0 Å². The van der Waals surface area contributed by atoms with E-state index in [4.69, 9.17) is 10.5 Å². The first-order valence-corrected chi connectivity index (χ1v) is 4.92. The smallest absolute Gasteiger partial charge is 0.119 e. The first-order chi connectivity index (χ1) is 6.93. The Morgan fingerprint density at radius 1 is 1.20 bits per heavy atom. The summed E-state index contributed by atoms with van der Waals surface area (Å²) >= 11 is 0. The zero-order valence-electron chi connectivity index (χ0n) is 9.74. The maximum Gasteiger partial charge on any atom is 0.119 e. The van der Waals surface area contributed by atoms with Crippen molar-refractivity contribution in [2.75, 3.05) is 7.11 Å². The Labute approximate surface area is 91.0 Å². The van der Waals surface area contributed by atoms with Crippen molar-refractivity contribution in [1.29, 1.82) is 0 Å². The molecule has 0 heterocycles. The highest BCUT2D eigenvalue weighted by molar-refractivity contribution is 5.87. The van der Waals surface area contributed by atoms with Gasteiger partial charge in [-0.1, -0.05) is 20.8 Å². The van der Waals surface area contributed by atoms with E-state index in [1.165, 1.54) is 0 Å². The highest BCUT2D eigenvalue weighted by Crippen LogP contribution is 2.21. The zero-order valence-corrected chi connectivity index (χ0v) is 9.74. The summed E-state index contributed by atoms with van der Waals surface area (Å²) < 4.78 is 5.06. The molecule has 82 valence electrons. The fourth-order valence-corrected chi connectivity index (χ4v) is 0.964. The molecule has 3 heteroatoms. The number of nitrogens with two attached hydrogens (primary N) is 1. The van der Waals surface area contributed by atoms with Crippen LogP contribution in [0.2, 0.25) is 0 Å². The van der Waals surface area contributed by atoms with E-state index in [1.807, 2.05) is 45.0 Å². The molecular formula is C12H18N2O. The van der Waals surface area contributed by atoms with Gasteiger partial charge in [0.15, 0.2) is 0 Å². The molecule has 0 aliphatic rings. The fourth-order valence-electron chi connectivity index (χ4n) is 0.964. The van der Waals surface area contributed by atoms with Crippen molar-refractivity contribution in [3.05, 3.63) is 24.3 Å². The van der Waals surface area contributed by atoms with Crippen molar-refractivity contribution in [3.63, 3.8) is 0 Å². The summed E-state index contributed by atoms with van der Waals surface area (Å²) in [6.45, 7) is 6.11. The van der Waals surface area contributed by atoms with Crippen LogP contribution >= 0.6 is 0 Å². The second kappa shape index (κ2) is 4.34. The summed E-state index contributed by atoms with van der Waals surface area (Å²) in [5.41, 5.74) is 6.62. The molecule has 0 aliphatic carbocycles. The first-order valence-electron chi connectivity index (χ1n) is 4.92. The van der Waals surface area contributed by atoms with Crippen LogP contribution in [0, 0.1) is 5.41 Å². The molecule has 0 atom stereocenters. The molecule has 0 bridgehead atoms. The largest absolute Gasteiger partial charge is 0.497 e. The quantitative estimate of drug-likeness (QED) is 0.597. The Morgan fingerprint density at radius 3 is 2.13 bits per heavy atom. The second-order valence-corrected chi connectivity index (χ2v) is 4.45. The minimum Gasteiger partial charge on any atom is -0.497 e. The third kappa shape index (κ3) is 3.27. The zero-order chi connectivity index (χ0) is 11.5. The van der Waals surface area contributed by atoms with Crippen molar-refractivity contribution in [2.45, 2.75) is 20.8 Å². The molecule has 0 saturated carbocycles. The maximum atomic E-state index is 5.87. The number of methoxy groups -OCH3 is 1. The molecule has 0 unspecified atom stereocenters. The molecule has 15 heavy (non-hydrogen) atoms. The molecule has 0 aromatic heterocycles. The van der Waals surface area contributed by atoms with Crippen LogP contribution in [0.25, 0.3) is 0 Å². The first kappa shape index (κ1) is 11.6. The SMILES string of the molecule is COc1ccc(N=C(N)C(C)(C)C)cc1. The molecular weight excluding hydrogens is 188 g/mol. The van der Waals surface area contributed by atoms with E-state index in [0.717, 1.165) is 11.4 Å². The molecule has 1 rings (SSSR count). The summed E-state index contributed by atoms with van der Waals surface area (Å²) in [5, 5.41) is 0. The predicted molar refractivity (Wildman–Crippen MR) is 63.7 cm³/mol. The standard InChI is InChI=1S/C12H18N2O/c1-12(2,3)11(13)14-9-5-7-10(15-4)8-6-9/h5-8H,1-4H3,(H2,13,14). The van der Waals surface area contributed by atoms with Crippen LogP contribution in [0.4, 0.5) is 5.69 Å². The molecule has 0 spiro atoms. The van der Waals surface area contributed by atoms with Gasteiger partial charge in [-0.05, 0) is 24.3 Å². The van der Waals surface area contributed by atoms with E-state index in [0.29, 0.717) is 5.84 Å². The van der Waals surface area contributed by atoms with Crippen molar-refractivity contribution in [2.24, 2.45) is 16.1 Å². The molecule has 3 nitrogen and oxygen atoms in total. The van der Waals surface area contributed by atoms with Gasteiger partial charge in [-0.2, -0.15) is 0 Å². The highest BCUT2D eigenvalue weighted by atomic mass is 16.5. The van der Waals surface area contributed by atoms with Gasteiger partial charge in [0, 0.05) is 5.41 Å². The molecule has 0 saturated heterocycles. The van der Waals surface area contributed by atoms with Crippen LogP contribution in [-0.2, 0) is 0 Å². The summed E-state index contributed by atoms with van der Waals surface area (Å²) in [4.78, 5) is 4.34. The fraction of sp³-hybridized carbons (Fsp3) is 0.417. The third-order valence-corrected chi connectivity index (χ3v) is 2.09. The number of hydrogen-bond donors (Lipinski definition) is 1. The lowest BCUT2D eigenvalue weighted by atomic mass is 9.95. The Morgan fingerprint density at radius 2 is 1.73 bits per heavy atom. The molecule has 1 aromatic carbocycles. The number of benzene rings is 1. The van der Waals surface area contributed by atoms with Gasteiger partial charge in [0.1, 0.15) is 11.6 Å². The number of aliphatic imine (C=N–C) groups is 1.